The predicted octanol–water partition coefficient (Wildman–Crippen LogP) is 1.62. The summed E-state index contributed by atoms with van der Waals surface area (Å²) in [5.74, 6) is -0.209. The Labute approximate surface area is 120 Å². The van der Waals surface area contributed by atoms with Crippen molar-refractivity contribution in [2.24, 2.45) is 0 Å². The van der Waals surface area contributed by atoms with Gasteiger partial charge in [0.15, 0.2) is 0 Å². The molecule has 0 fully saturated rings. The molecule has 4 N–H and O–H groups in total. The van der Waals surface area contributed by atoms with E-state index in [9.17, 15) is 9.90 Å². The summed E-state index contributed by atoms with van der Waals surface area (Å²) in [6.07, 6.45) is 1.36. The van der Waals surface area contributed by atoms with Gasteiger partial charge < -0.3 is 21.1 Å². The zero-order valence-corrected chi connectivity index (χ0v) is 12.7. The van der Waals surface area contributed by atoms with Crippen molar-refractivity contribution in [3.63, 3.8) is 0 Å². The number of nitrogens with zero attached hydrogens (tertiary/aromatic N) is 1. The van der Waals surface area contributed by atoms with Gasteiger partial charge in [-0.15, -0.1) is 0 Å². The van der Waals surface area contributed by atoms with E-state index in [1.807, 2.05) is 38.9 Å². The van der Waals surface area contributed by atoms with E-state index in [0.29, 0.717) is 24.1 Å². The molecule has 5 nitrogen and oxygen atoms in total. The van der Waals surface area contributed by atoms with Gasteiger partial charge in [0.05, 0.1) is 23.5 Å². The molecule has 1 aromatic carbocycles. The third kappa shape index (κ3) is 3.42. The van der Waals surface area contributed by atoms with Gasteiger partial charge in [0.2, 0.25) is 0 Å². The second-order valence-corrected chi connectivity index (χ2v) is 5.27. The Morgan fingerprint density at radius 3 is 2.35 bits per heavy atom. The molecule has 0 aliphatic rings. The number of amides is 1. The summed E-state index contributed by atoms with van der Waals surface area (Å²) in [6, 6.07) is 5.23. The Hall–Kier alpha value is -1.75. The summed E-state index contributed by atoms with van der Waals surface area (Å²) in [7, 11) is 3.80. The molecule has 0 saturated heterocycles. The Morgan fingerprint density at radius 1 is 1.35 bits per heavy atom. The smallest absolute Gasteiger partial charge is 0.251 e. The highest BCUT2D eigenvalue weighted by Crippen LogP contribution is 2.23. The lowest BCUT2D eigenvalue weighted by Crippen LogP contribution is -2.50. The van der Waals surface area contributed by atoms with E-state index in [1.165, 1.54) is 0 Å². The first-order valence-electron chi connectivity index (χ1n) is 6.89. The van der Waals surface area contributed by atoms with E-state index < -0.39 is 5.54 Å². The minimum absolute atomic E-state index is 0.0724. The maximum Gasteiger partial charge on any atom is 0.251 e. The average molecular weight is 279 g/mol. The molecule has 0 aromatic heterocycles. The zero-order chi connectivity index (χ0) is 15.3. The van der Waals surface area contributed by atoms with Crippen molar-refractivity contribution < 1.29 is 9.90 Å². The fraction of sp³-hybridized carbons (Fsp3) is 0.533. The number of anilines is 2. The van der Waals surface area contributed by atoms with Crippen LogP contribution in [0.25, 0.3) is 0 Å². The molecule has 1 aromatic rings. The third-order valence-electron chi connectivity index (χ3n) is 3.81. The van der Waals surface area contributed by atoms with Gasteiger partial charge in [-0.05, 0) is 31.0 Å². The Balaban J connectivity index is 2.96. The van der Waals surface area contributed by atoms with Crippen molar-refractivity contribution in [2.45, 2.75) is 32.2 Å². The number of aliphatic hydroxyl groups is 1. The van der Waals surface area contributed by atoms with E-state index in [4.69, 9.17) is 5.73 Å². The van der Waals surface area contributed by atoms with Crippen LogP contribution in [0.5, 0.6) is 0 Å². The van der Waals surface area contributed by atoms with Crippen LogP contribution >= 0.6 is 0 Å². The topological polar surface area (TPSA) is 78.6 Å². The lowest BCUT2D eigenvalue weighted by atomic mass is 9.93. The molecule has 0 aliphatic carbocycles. The molecular formula is C15H25N3O2. The van der Waals surface area contributed by atoms with Crippen LogP contribution in [-0.4, -0.2) is 37.3 Å². The van der Waals surface area contributed by atoms with Crippen molar-refractivity contribution in [3.8, 4) is 0 Å². The highest BCUT2D eigenvalue weighted by molar-refractivity contribution is 5.96. The first-order chi connectivity index (χ1) is 9.39. The van der Waals surface area contributed by atoms with E-state index in [1.54, 1.807) is 12.1 Å². The molecule has 0 radical (unpaired) electrons. The highest BCUT2D eigenvalue weighted by Gasteiger charge is 2.27. The van der Waals surface area contributed by atoms with Crippen molar-refractivity contribution in [1.82, 2.24) is 5.32 Å². The number of hydrogen-bond acceptors (Lipinski definition) is 4. The number of rotatable bonds is 6. The maximum atomic E-state index is 12.3. The Morgan fingerprint density at radius 2 is 1.95 bits per heavy atom. The molecule has 0 aliphatic heterocycles. The minimum Gasteiger partial charge on any atom is -0.397 e. The summed E-state index contributed by atoms with van der Waals surface area (Å²) in [4.78, 5) is 14.2. The van der Waals surface area contributed by atoms with Crippen LogP contribution in [0, 0.1) is 0 Å². The van der Waals surface area contributed by atoms with Crippen LogP contribution in [0.15, 0.2) is 18.2 Å². The molecule has 0 unspecified atom stereocenters. The molecule has 1 amide bonds. The monoisotopic (exact) mass is 279 g/mol. The van der Waals surface area contributed by atoms with Crippen LogP contribution < -0.4 is 16.0 Å². The van der Waals surface area contributed by atoms with Crippen molar-refractivity contribution >= 4 is 17.3 Å². The van der Waals surface area contributed by atoms with E-state index in [2.05, 4.69) is 5.32 Å². The predicted molar refractivity (Wildman–Crippen MR) is 83.0 cm³/mol. The second kappa shape index (κ2) is 6.61. The molecule has 112 valence electrons. The van der Waals surface area contributed by atoms with Gasteiger partial charge in [0.1, 0.15) is 0 Å². The van der Waals surface area contributed by atoms with Crippen molar-refractivity contribution in [3.05, 3.63) is 23.8 Å². The minimum atomic E-state index is -0.563. The zero-order valence-electron chi connectivity index (χ0n) is 12.7. The van der Waals surface area contributed by atoms with Gasteiger partial charge in [-0.1, -0.05) is 13.8 Å². The molecule has 1 rings (SSSR count). The van der Waals surface area contributed by atoms with Gasteiger partial charge in [-0.25, -0.2) is 0 Å². The summed E-state index contributed by atoms with van der Waals surface area (Å²) in [5, 5.41) is 12.4. The molecule has 0 bridgehead atoms. The summed E-state index contributed by atoms with van der Waals surface area (Å²) < 4.78 is 0. The van der Waals surface area contributed by atoms with E-state index >= 15 is 0 Å². The van der Waals surface area contributed by atoms with Crippen molar-refractivity contribution in [2.75, 3.05) is 31.3 Å². The molecule has 0 spiro atoms. The molecule has 0 heterocycles. The largest absolute Gasteiger partial charge is 0.397 e. The molecule has 0 atom stereocenters. The van der Waals surface area contributed by atoms with Crippen LogP contribution in [0.2, 0.25) is 0 Å². The lowest BCUT2D eigenvalue weighted by Gasteiger charge is -2.30. The quantitative estimate of drug-likeness (QED) is 0.691. The number of carbonyl (C=O) groups excluding carboxylic acids is 1. The second-order valence-electron chi connectivity index (χ2n) is 5.27. The van der Waals surface area contributed by atoms with Gasteiger partial charge in [0, 0.05) is 19.7 Å². The normalized spacial score (nSPS) is 11.2. The molecule has 5 heteroatoms. The maximum absolute atomic E-state index is 12.3. The SMILES string of the molecule is CCC(CC)(CO)NC(=O)c1ccc(N(C)C)c(N)c1. The number of nitrogens with one attached hydrogen (secondary N) is 1. The van der Waals surface area contributed by atoms with Crippen LogP contribution in [0.3, 0.4) is 0 Å². The number of nitrogen functional groups attached to an aromatic ring is 1. The van der Waals surface area contributed by atoms with Crippen molar-refractivity contribution in [1.29, 1.82) is 0 Å². The highest BCUT2D eigenvalue weighted by atomic mass is 16.3. The summed E-state index contributed by atoms with van der Waals surface area (Å²) in [5.41, 5.74) is 7.33. The number of aliphatic hydroxyl groups excluding tert-OH is 1. The summed E-state index contributed by atoms with van der Waals surface area (Å²) >= 11 is 0. The standard InChI is InChI=1S/C15H25N3O2/c1-5-15(6-2,10-19)17-14(20)11-7-8-13(18(3)4)12(16)9-11/h7-9,19H,5-6,10,16H2,1-4H3,(H,17,20). The lowest BCUT2D eigenvalue weighted by molar-refractivity contribution is 0.0818. The average Bonchev–Trinajstić information content (AvgIpc) is 2.44. The van der Waals surface area contributed by atoms with Gasteiger partial charge in [-0.2, -0.15) is 0 Å². The van der Waals surface area contributed by atoms with Crippen LogP contribution in [0.4, 0.5) is 11.4 Å². The first kappa shape index (κ1) is 16.3. The fourth-order valence-corrected chi connectivity index (χ4v) is 2.11. The number of hydrogen-bond donors (Lipinski definition) is 3. The first-order valence-corrected chi connectivity index (χ1v) is 6.89. The van der Waals surface area contributed by atoms with Crippen LogP contribution in [-0.2, 0) is 0 Å². The Bertz CT molecular complexity index is 460. The fourth-order valence-electron chi connectivity index (χ4n) is 2.11. The van der Waals surface area contributed by atoms with Gasteiger partial charge in [-0.3, -0.25) is 4.79 Å². The number of benzene rings is 1. The molecule has 20 heavy (non-hydrogen) atoms. The van der Waals surface area contributed by atoms with Gasteiger partial charge in [0.25, 0.3) is 5.91 Å². The van der Waals surface area contributed by atoms with E-state index in [-0.39, 0.29) is 12.5 Å². The third-order valence-corrected chi connectivity index (χ3v) is 3.81. The molecule has 0 saturated carbocycles. The van der Waals surface area contributed by atoms with Crippen LogP contribution in [0.1, 0.15) is 37.0 Å². The molecular weight excluding hydrogens is 254 g/mol. The summed E-state index contributed by atoms with van der Waals surface area (Å²) in [6.45, 7) is 3.82. The number of carbonyl (C=O) groups is 1. The number of nitrogens with two attached hydrogens (primary N) is 1. The van der Waals surface area contributed by atoms with Gasteiger partial charge >= 0.3 is 0 Å². The van der Waals surface area contributed by atoms with E-state index in [0.717, 1.165) is 5.69 Å². The Kier molecular flexibility index (Phi) is 5.39.